The number of sulfonamides is 1. The number of halogens is 2. The van der Waals surface area contributed by atoms with Gasteiger partial charge in [-0.05, 0) is 19.1 Å². The highest BCUT2D eigenvalue weighted by atomic mass is 32.2. The Labute approximate surface area is 108 Å². The molecule has 2 aromatic rings. The Kier molecular flexibility index (Phi) is 3.47. The molecule has 0 spiro atoms. The van der Waals surface area contributed by atoms with Crippen LogP contribution in [0, 0.1) is 11.9 Å². The van der Waals surface area contributed by atoms with Crippen LogP contribution in [0.4, 0.5) is 14.5 Å². The van der Waals surface area contributed by atoms with Crippen LogP contribution in [0.3, 0.4) is 0 Å². The zero-order valence-electron chi connectivity index (χ0n) is 9.84. The van der Waals surface area contributed by atoms with Gasteiger partial charge in [-0.1, -0.05) is 0 Å². The van der Waals surface area contributed by atoms with Crippen molar-refractivity contribution in [2.75, 3.05) is 4.72 Å². The number of nitrogens with one attached hydrogen (secondary N) is 1. The Bertz CT molecular complexity index is 699. The lowest BCUT2D eigenvalue weighted by Gasteiger charge is -2.05. The highest BCUT2D eigenvalue weighted by Crippen LogP contribution is 2.17. The minimum absolute atomic E-state index is 0.252. The molecular formula is C10H10F2N4O2S. The van der Waals surface area contributed by atoms with Crippen molar-refractivity contribution in [3.8, 4) is 0 Å². The maximum atomic E-state index is 13.3. The van der Waals surface area contributed by atoms with E-state index in [1.807, 2.05) is 11.6 Å². The van der Waals surface area contributed by atoms with Gasteiger partial charge < -0.3 is 4.57 Å². The maximum absolute atomic E-state index is 13.3. The summed E-state index contributed by atoms with van der Waals surface area (Å²) < 4.78 is 53.2. The summed E-state index contributed by atoms with van der Waals surface area (Å²) in [6, 6.07) is 1.80. The van der Waals surface area contributed by atoms with Gasteiger partial charge in [0.05, 0.1) is 6.33 Å². The van der Waals surface area contributed by atoms with Gasteiger partial charge in [0.1, 0.15) is 5.69 Å². The van der Waals surface area contributed by atoms with E-state index in [1.54, 1.807) is 4.57 Å². The number of anilines is 1. The molecule has 0 saturated heterocycles. The molecule has 0 aliphatic heterocycles. The third-order valence-electron chi connectivity index (χ3n) is 2.31. The standard InChI is InChI=1S/C10H10F2N4O2S/c1-2-16-5-9(13-6-16)19(17,18)15-7-3-4-8(11)14-10(7)12/h3-6,15H,2H2,1H3. The Balaban J connectivity index is 2.30. The van der Waals surface area contributed by atoms with Crippen LogP contribution in [0.25, 0.3) is 0 Å². The molecule has 9 heteroatoms. The van der Waals surface area contributed by atoms with Crippen LogP contribution in [0.1, 0.15) is 6.92 Å². The number of imidazole rings is 1. The first-order valence-corrected chi connectivity index (χ1v) is 6.77. The molecule has 0 atom stereocenters. The number of nitrogens with zero attached hydrogens (tertiary/aromatic N) is 3. The van der Waals surface area contributed by atoms with Crippen LogP contribution in [-0.4, -0.2) is 23.0 Å². The molecule has 2 aromatic heterocycles. The van der Waals surface area contributed by atoms with Gasteiger partial charge in [-0.15, -0.1) is 0 Å². The first kappa shape index (κ1) is 13.4. The minimum atomic E-state index is -4.02. The fourth-order valence-electron chi connectivity index (χ4n) is 1.34. The quantitative estimate of drug-likeness (QED) is 0.862. The first-order chi connectivity index (χ1) is 8.92. The summed E-state index contributed by atoms with van der Waals surface area (Å²) in [6.45, 7) is 2.37. The number of pyridine rings is 1. The molecule has 6 nitrogen and oxygen atoms in total. The highest BCUT2D eigenvalue weighted by Gasteiger charge is 2.19. The lowest BCUT2D eigenvalue weighted by Crippen LogP contribution is -2.15. The molecule has 0 amide bonds. The van der Waals surface area contributed by atoms with E-state index in [-0.39, 0.29) is 5.03 Å². The van der Waals surface area contributed by atoms with Gasteiger partial charge in [0, 0.05) is 12.7 Å². The van der Waals surface area contributed by atoms with E-state index < -0.39 is 27.6 Å². The lowest BCUT2D eigenvalue weighted by atomic mass is 10.4. The topological polar surface area (TPSA) is 76.9 Å². The second-order valence-corrected chi connectivity index (χ2v) is 5.25. The largest absolute Gasteiger partial charge is 0.336 e. The van der Waals surface area contributed by atoms with Crippen molar-refractivity contribution in [1.82, 2.24) is 14.5 Å². The van der Waals surface area contributed by atoms with Crippen LogP contribution < -0.4 is 4.72 Å². The zero-order chi connectivity index (χ0) is 14.0. The van der Waals surface area contributed by atoms with Crippen molar-refractivity contribution in [3.05, 3.63) is 36.6 Å². The van der Waals surface area contributed by atoms with E-state index in [1.165, 1.54) is 12.5 Å². The maximum Gasteiger partial charge on any atom is 0.281 e. The smallest absolute Gasteiger partial charge is 0.281 e. The van der Waals surface area contributed by atoms with E-state index >= 15 is 0 Å². The third-order valence-corrected chi connectivity index (χ3v) is 3.56. The highest BCUT2D eigenvalue weighted by molar-refractivity contribution is 7.92. The van der Waals surface area contributed by atoms with E-state index in [2.05, 4.69) is 9.97 Å². The molecule has 0 bridgehead atoms. The van der Waals surface area contributed by atoms with Crippen molar-refractivity contribution in [2.24, 2.45) is 0 Å². The van der Waals surface area contributed by atoms with Gasteiger partial charge in [0.25, 0.3) is 10.0 Å². The number of hydrogen-bond donors (Lipinski definition) is 1. The molecule has 102 valence electrons. The summed E-state index contributed by atoms with van der Waals surface area (Å²) >= 11 is 0. The van der Waals surface area contributed by atoms with Gasteiger partial charge in [0.15, 0.2) is 5.03 Å². The average molecular weight is 288 g/mol. The summed E-state index contributed by atoms with van der Waals surface area (Å²) in [6.07, 6.45) is 2.64. The molecule has 0 fully saturated rings. The van der Waals surface area contributed by atoms with Gasteiger partial charge in [-0.25, -0.2) is 4.98 Å². The van der Waals surface area contributed by atoms with Crippen LogP contribution >= 0.6 is 0 Å². The Morgan fingerprint density at radius 1 is 1.37 bits per heavy atom. The third kappa shape index (κ3) is 2.87. The number of hydrogen-bond acceptors (Lipinski definition) is 4. The van der Waals surface area contributed by atoms with E-state index in [0.29, 0.717) is 6.54 Å². The van der Waals surface area contributed by atoms with Gasteiger partial charge in [0.2, 0.25) is 11.9 Å². The molecule has 0 unspecified atom stereocenters. The molecule has 2 heterocycles. The van der Waals surface area contributed by atoms with E-state index in [0.717, 1.165) is 12.1 Å². The predicted molar refractivity (Wildman–Crippen MR) is 62.9 cm³/mol. The fraction of sp³-hybridized carbons (Fsp3) is 0.200. The summed E-state index contributed by atoms with van der Waals surface area (Å²) in [5, 5.41) is -0.252. The summed E-state index contributed by atoms with van der Waals surface area (Å²) in [5.41, 5.74) is -0.438. The van der Waals surface area contributed by atoms with Gasteiger partial charge in [-0.3, -0.25) is 4.72 Å². The Morgan fingerprint density at radius 2 is 2.11 bits per heavy atom. The molecule has 0 saturated carbocycles. The SMILES string of the molecule is CCn1cnc(S(=O)(=O)Nc2ccc(F)nc2F)c1. The average Bonchev–Trinajstić information content (AvgIpc) is 2.82. The second kappa shape index (κ2) is 4.92. The second-order valence-electron chi connectivity index (χ2n) is 3.62. The lowest BCUT2D eigenvalue weighted by molar-refractivity contribution is 0.515. The Hall–Kier alpha value is -2.03. The van der Waals surface area contributed by atoms with Crippen molar-refractivity contribution in [3.63, 3.8) is 0 Å². The van der Waals surface area contributed by atoms with Crippen molar-refractivity contribution < 1.29 is 17.2 Å². The molecule has 2 rings (SSSR count). The summed E-state index contributed by atoms with van der Waals surface area (Å²) in [7, 11) is -4.02. The van der Waals surface area contributed by atoms with Crippen LogP contribution in [0.15, 0.2) is 29.7 Å². The monoisotopic (exact) mass is 288 g/mol. The Morgan fingerprint density at radius 3 is 2.68 bits per heavy atom. The van der Waals surface area contributed by atoms with Crippen molar-refractivity contribution in [1.29, 1.82) is 0 Å². The van der Waals surface area contributed by atoms with E-state index in [9.17, 15) is 17.2 Å². The summed E-state index contributed by atoms with van der Waals surface area (Å²) in [4.78, 5) is 6.58. The molecular weight excluding hydrogens is 278 g/mol. The summed E-state index contributed by atoms with van der Waals surface area (Å²) in [5.74, 6) is -2.27. The molecule has 0 radical (unpaired) electrons. The van der Waals surface area contributed by atoms with Crippen LogP contribution in [0.5, 0.6) is 0 Å². The minimum Gasteiger partial charge on any atom is -0.336 e. The van der Waals surface area contributed by atoms with Crippen LogP contribution in [-0.2, 0) is 16.6 Å². The molecule has 0 aromatic carbocycles. The number of rotatable bonds is 4. The normalized spacial score (nSPS) is 11.5. The molecule has 1 N–H and O–H groups in total. The molecule has 0 aliphatic rings. The van der Waals surface area contributed by atoms with Gasteiger partial charge >= 0.3 is 0 Å². The zero-order valence-corrected chi connectivity index (χ0v) is 10.7. The number of aryl methyl sites for hydroxylation is 1. The van der Waals surface area contributed by atoms with Crippen LogP contribution in [0.2, 0.25) is 0 Å². The van der Waals surface area contributed by atoms with Crippen molar-refractivity contribution in [2.45, 2.75) is 18.5 Å². The van der Waals surface area contributed by atoms with Gasteiger partial charge in [-0.2, -0.15) is 22.2 Å². The number of aromatic nitrogens is 3. The van der Waals surface area contributed by atoms with E-state index in [4.69, 9.17) is 0 Å². The first-order valence-electron chi connectivity index (χ1n) is 5.29. The molecule has 0 aliphatic carbocycles. The predicted octanol–water partition coefficient (Wildman–Crippen LogP) is 1.38. The fourth-order valence-corrected chi connectivity index (χ4v) is 2.34. The van der Waals surface area contributed by atoms with Crippen molar-refractivity contribution >= 4 is 15.7 Å². The molecule has 19 heavy (non-hydrogen) atoms.